The van der Waals surface area contributed by atoms with Crippen molar-refractivity contribution in [3.63, 3.8) is 0 Å². The molecular formula is C23H25N6O3S+. The first-order chi connectivity index (χ1) is 16.2. The van der Waals surface area contributed by atoms with Gasteiger partial charge in [0.25, 0.3) is 11.1 Å². The van der Waals surface area contributed by atoms with Crippen LogP contribution in [0, 0.1) is 0 Å². The molecule has 170 valence electrons. The van der Waals surface area contributed by atoms with Gasteiger partial charge in [0.2, 0.25) is 0 Å². The van der Waals surface area contributed by atoms with Crippen LogP contribution in [0.5, 0.6) is 0 Å². The van der Waals surface area contributed by atoms with Gasteiger partial charge in [0.15, 0.2) is 5.16 Å². The Hall–Kier alpha value is -3.08. The molecule has 0 saturated carbocycles. The van der Waals surface area contributed by atoms with Gasteiger partial charge in [0, 0.05) is 13.0 Å². The first kappa shape index (κ1) is 21.7. The van der Waals surface area contributed by atoms with E-state index in [-0.39, 0.29) is 17.0 Å². The van der Waals surface area contributed by atoms with Crippen molar-refractivity contribution in [2.75, 3.05) is 32.8 Å². The minimum Gasteiger partial charge on any atom is -0.370 e. The molecule has 0 amide bonds. The second kappa shape index (κ2) is 9.82. The first-order valence-electron chi connectivity index (χ1n) is 11.1. The van der Waals surface area contributed by atoms with E-state index in [2.05, 4.69) is 10.3 Å². The van der Waals surface area contributed by atoms with Crippen molar-refractivity contribution in [3.8, 4) is 0 Å². The number of morpholine rings is 1. The standard InChI is InChI=1S/C23H24N6O3S/c30-21-17-6-1-3-8-19(17)24-23(28(21)11-5-10-27-12-14-32-15-13-27)33-16-29-22(31)18-7-2-4-9-20(18)25-26-29/h1-4,6-9H,5,10-16H2/p+1. The number of nitrogens with zero attached hydrogens (tertiary/aromatic N) is 5. The molecule has 4 aromatic rings. The van der Waals surface area contributed by atoms with Gasteiger partial charge in [-0.15, -0.1) is 5.10 Å². The number of hydrogen-bond acceptors (Lipinski definition) is 7. The highest BCUT2D eigenvalue weighted by Gasteiger charge is 2.16. The molecule has 2 aromatic heterocycles. The Morgan fingerprint density at radius 1 is 0.939 bits per heavy atom. The fraction of sp³-hybridized carbons (Fsp3) is 0.348. The largest absolute Gasteiger partial charge is 0.370 e. The molecule has 5 rings (SSSR count). The number of benzene rings is 2. The van der Waals surface area contributed by atoms with Gasteiger partial charge >= 0.3 is 0 Å². The number of nitrogens with one attached hydrogen (secondary N) is 1. The molecule has 1 aliphatic rings. The summed E-state index contributed by atoms with van der Waals surface area (Å²) in [5.41, 5.74) is 0.947. The van der Waals surface area contributed by atoms with E-state index < -0.39 is 0 Å². The van der Waals surface area contributed by atoms with Crippen LogP contribution in [0.1, 0.15) is 6.42 Å². The van der Waals surface area contributed by atoms with Crippen molar-refractivity contribution in [2.45, 2.75) is 24.0 Å². The van der Waals surface area contributed by atoms with Crippen molar-refractivity contribution in [1.82, 2.24) is 24.5 Å². The van der Waals surface area contributed by atoms with Crippen LogP contribution in [0.25, 0.3) is 21.8 Å². The number of quaternary nitrogens is 1. The number of ether oxygens (including phenoxy) is 1. The number of para-hydroxylation sites is 1. The molecule has 1 N–H and O–H groups in total. The molecule has 1 aliphatic heterocycles. The summed E-state index contributed by atoms with van der Waals surface area (Å²) in [6, 6.07) is 14.5. The Balaban J connectivity index is 1.41. The topological polar surface area (TPSA) is 96.3 Å². The first-order valence-corrected chi connectivity index (χ1v) is 12.1. The zero-order chi connectivity index (χ0) is 22.6. The summed E-state index contributed by atoms with van der Waals surface area (Å²) in [5, 5.41) is 9.91. The number of fused-ring (bicyclic) bond motifs is 2. The zero-order valence-corrected chi connectivity index (χ0v) is 19.0. The zero-order valence-electron chi connectivity index (χ0n) is 18.1. The van der Waals surface area contributed by atoms with Crippen molar-refractivity contribution in [1.29, 1.82) is 0 Å². The lowest BCUT2D eigenvalue weighted by Crippen LogP contribution is -3.14. The average Bonchev–Trinajstić information content (AvgIpc) is 2.86. The third-order valence-electron chi connectivity index (χ3n) is 5.88. The monoisotopic (exact) mass is 465 g/mol. The minimum atomic E-state index is -0.210. The lowest BCUT2D eigenvalue weighted by molar-refractivity contribution is -0.908. The maximum atomic E-state index is 13.3. The predicted octanol–water partition coefficient (Wildman–Crippen LogP) is 0.556. The van der Waals surface area contributed by atoms with Crippen LogP contribution in [0.2, 0.25) is 0 Å². The Morgan fingerprint density at radius 3 is 2.42 bits per heavy atom. The van der Waals surface area contributed by atoms with E-state index in [1.807, 2.05) is 36.4 Å². The van der Waals surface area contributed by atoms with Gasteiger partial charge < -0.3 is 9.64 Å². The molecule has 0 aliphatic carbocycles. The van der Waals surface area contributed by atoms with E-state index in [9.17, 15) is 9.59 Å². The molecular weight excluding hydrogens is 440 g/mol. The summed E-state index contributed by atoms with van der Waals surface area (Å²) in [6.45, 7) is 5.11. The normalized spacial score (nSPS) is 14.8. The van der Waals surface area contributed by atoms with Crippen LogP contribution in [0.15, 0.2) is 63.3 Å². The number of hydrogen-bond donors (Lipinski definition) is 1. The second-order valence-electron chi connectivity index (χ2n) is 8.02. The second-order valence-corrected chi connectivity index (χ2v) is 8.93. The SMILES string of the molecule is O=c1c2ccccc2nnn1CSc1nc2ccccc2c(=O)n1CCC[NH+]1CCOCC1. The van der Waals surface area contributed by atoms with Gasteiger partial charge in [-0.05, 0) is 24.3 Å². The van der Waals surface area contributed by atoms with Crippen molar-refractivity contribution < 1.29 is 9.64 Å². The van der Waals surface area contributed by atoms with Gasteiger partial charge in [-0.1, -0.05) is 41.2 Å². The minimum absolute atomic E-state index is 0.0583. The van der Waals surface area contributed by atoms with Crippen LogP contribution in [-0.2, 0) is 17.2 Å². The molecule has 1 saturated heterocycles. The van der Waals surface area contributed by atoms with E-state index in [4.69, 9.17) is 9.72 Å². The van der Waals surface area contributed by atoms with Gasteiger partial charge in [-0.2, -0.15) is 4.68 Å². The molecule has 3 heterocycles. The summed E-state index contributed by atoms with van der Waals surface area (Å²) in [4.78, 5) is 32.3. The summed E-state index contributed by atoms with van der Waals surface area (Å²) >= 11 is 1.32. The maximum Gasteiger partial charge on any atom is 0.278 e. The molecule has 0 bridgehead atoms. The fourth-order valence-electron chi connectivity index (χ4n) is 4.08. The molecule has 1 fully saturated rings. The molecule has 0 radical (unpaired) electrons. The summed E-state index contributed by atoms with van der Waals surface area (Å²) in [7, 11) is 0. The number of thioether (sulfide) groups is 1. The van der Waals surface area contributed by atoms with Gasteiger partial charge in [-0.25, -0.2) is 4.98 Å². The molecule has 9 nitrogen and oxygen atoms in total. The molecule has 0 atom stereocenters. The van der Waals surface area contributed by atoms with E-state index in [1.54, 1.807) is 16.7 Å². The third kappa shape index (κ3) is 4.68. The Bertz CT molecular complexity index is 1400. The molecule has 33 heavy (non-hydrogen) atoms. The van der Waals surface area contributed by atoms with Crippen LogP contribution in [-0.4, -0.2) is 57.4 Å². The molecule has 0 unspecified atom stereocenters. The highest BCUT2D eigenvalue weighted by molar-refractivity contribution is 7.98. The molecule has 10 heteroatoms. The van der Waals surface area contributed by atoms with Crippen LogP contribution >= 0.6 is 11.8 Å². The quantitative estimate of drug-likeness (QED) is 0.315. The van der Waals surface area contributed by atoms with E-state index >= 15 is 0 Å². The molecule has 2 aromatic carbocycles. The summed E-state index contributed by atoms with van der Waals surface area (Å²) in [5.74, 6) is 0.218. The third-order valence-corrected chi connectivity index (χ3v) is 6.83. The van der Waals surface area contributed by atoms with Gasteiger partial charge in [-0.3, -0.25) is 14.2 Å². The number of rotatable bonds is 7. The lowest BCUT2D eigenvalue weighted by atomic mass is 10.2. The average molecular weight is 466 g/mol. The Labute approximate surface area is 194 Å². The van der Waals surface area contributed by atoms with Crippen molar-refractivity contribution in [2.24, 2.45) is 0 Å². The highest BCUT2D eigenvalue weighted by atomic mass is 32.2. The Kier molecular flexibility index (Phi) is 6.47. The lowest BCUT2D eigenvalue weighted by Gasteiger charge is -2.24. The maximum absolute atomic E-state index is 13.3. The van der Waals surface area contributed by atoms with E-state index in [1.165, 1.54) is 21.3 Å². The van der Waals surface area contributed by atoms with Crippen LogP contribution < -0.4 is 16.0 Å². The summed E-state index contributed by atoms with van der Waals surface area (Å²) < 4.78 is 8.48. The van der Waals surface area contributed by atoms with Crippen molar-refractivity contribution >= 4 is 33.6 Å². The predicted molar refractivity (Wildman–Crippen MR) is 127 cm³/mol. The fourth-order valence-corrected chi connectivity index (χ4v) is 4.98. The Morgan fingerprint density at radius 2 is 1.64 bits per heavy atom. The van der Waals surface area contributed by atoms with Crippen LogP contribution in [0.3, 0.4) is 0 Å². The summed E-state index contributed by atoms with van der Waals surface area (Å²) in [6.07, 6.45) is 0.860. The van der Waals surface area contributed by atoms with E-state index in [0.29, 0.717) is 33.5 Å². The molecule has 0 spiro atoms. The van der Waals surface area contributed by atoms with Crippen molar-refractivity contribution in [3.05, 3.63) is 69.2 Å². The van der Waals surface area contributed by atoms with E-state index in [0.717, 1.165) is 39.3 Å². The van der Waals surface area contributed by atoms with Gasteiger partial charge in [0.1, 0.15) is 18.6 Å². The van der Waals surface area contributed by atoms with Gasteiger partial charge in [0.05, 0.1) is 41.9 Å². The number of aromatic nitrogens is 5. The van der Waals surface area contributed by atoms with Crippen LogP contribution in [0.4, 0.5) is 0 Å². The highest BCUT2D eigenvalue weighted by Crippen LogP contribution is 2.19. The smallest absolute Gasteiger partial charge is 0.278 e.